The van der Waals surface area contributed by atoms with Gasteiger partial charge in [0, 0.05) is 17.3 Å². The van der Waals surface area contributed by atoms with Gasteiger partial charge in [-0.25, -0.2) is 4.79 Å². The molecule has 0 unspecified atom stereocenters. The number of H-pyrrole nitrogens is 1. The largest absolute Gasteiger partial charge is 0.479 e. The Hall–Kier alpha value is -2.34. The molecule has 2 aromatic rings. The number of aliphatic hydroxyl groups excluding tert-OH is 1. The van der Waals surface area contributed by atoms with Crippen LogP contribution in [0.2, 0.25) is 0 Å². The first-order valence-electron chi connectivity index (χ1n) is 5.34. The molecule has 0 spiro atoms. The molecule has 0 aliphatic heterocycles. The molecule has 94 valence electrons. The third-order valence-electron chi connectivity index (χ3n) is 2.56. The van der Waals surface area contributed by atoms with Gasteiger partial charge in [-0.15, -0.1) is 0 Å². The molecule has 0 aliphatic carbocycles. The summed E-state index contributed by atoms with van der Waals surface area (Å²) < 4.78 is 0. The number of hydrogen-bond donors (Lipinski definition) is 4. The SMILES string of the molecule is O=C(NC[C@H](O)C(=O)O)c1ccc2cc[nH]c2c1. The van der Waals surface area contributed by atoms with Crippen molar-refractivity contribution in [2.45, 2.75) is 6.10 Å². The normalized spacial score (nSPS) is 12.3. The highest BCUT2D eigenvalue weighted by molar-refractivity contribution is 5.98. The van der Waals surface area contributed by atoms with Gasteiger partial charge < -0.3 is 20.5 Å². The van der Waals surface area contributed by atoms with E-state index in [0.29, 0.717) is 5.56 Å². The predicted molar refractivity (Wildman–Crippen MR) is 64.3 cm³/mol. The second kappa shape index (κ2) is 4.89. The average Bonchev–Trinajstić information content (AvgIpc) is 2.82. The number of hydrogen-bond acceptors (Lipinski definition) is 3. The summed E-state index contributed by atoms with van der Waals surface area (Å²) in [6.45, 7) is -0.322. The van der Waals surface area contributed by atoms with Crippen molar-refractivity contribution < 1.29 is 19.8 Å². The Balaban J connectivity index is 2.06. The molecule has 2 rings (SSSR count). The molecule has 6 heteroatoms. The van der Waals surface area contributed by atoms with Crippen molar-refractivity contribution in [3.05, 3.63) is 36.0 Å². The van der Waals surface area contributed by atoms with E-state index in [1.165, 1.54) is 0 Å². The molecule has 1 aromatic heterocycles. The summed E-state index contributed by atoms with van der Waals surface area (Å²) in [7, 11) is 0. The Kier molecular flexibility index (Phi) is 3.29. The highest BCUT2D eigenvalue weighted by atomic mass is 16.4. The summed E-state index contributed by atoms with van der Waals surface area (Å²) in [6.07, 6.45) is 0.170. The molecule has 6 nitrogen and oxygen atoms in total. The van der Waals surface area contributed by atoms with Crippen LogP contribution in [0.25, 0.3) is 10.9 Å². The van der Waals surface area contributed by atoms with Crippen LogP contribution in [0, 0.1) is 0 Å². The van der Waals surface area contributed by atoms with Crippen molar-refractivity contribution in [2.75, 3.05) is 6.54 Å². The van der Waals surface area contributed by atoms with Crippen molar-refractivity contribution in [1.29, 1.82) is 0 Å². The Labute approximate surface area is 102 Å². The summed E-state index contributed by atoms with van der Waals surface area (Å²) in [5.41, 5.74) is 1.23. The molecule has 1 amide bonds. The second-order valence-electron chi connectivity index (χ2n) is 3.84. The van der Waals surface area contributed by atoms with Gasteiger partial charge in [0.05, 0.1) is 6.54 Å². The molecular weight excluding hydrogens is 236 g/mol. The van der Waals surface area contributed by atoms with E-state index in [-0.39, 0.29) is 6.54 Å². The molecule has 0 saturated heterocycles. The molecular formula is C12H12N2O4. The number of aliphatic carboxylic acids is 1. The second-order valence-corrected chi connectivity index (χ2v) is 3.84. The monoisotopic (exact) mass is 248 g/mol. The lowest BCUT2D eigenvalue weighted by Crippen LogP contribution is -2.36. The molecule has 1 aromatic carbocycles. The summed E-state index contributed by atoms with van der Waals surface area (Å²) in [6, 6.07) is 6.97. The molecule has 0 aliphatic rings. The maximum absolute atomic E-state index is 11.7. The summed E-state index contributed by atoms with van der Waals surface area (Å²) in [5.74, 6) is -1.79. The van der Waals surface area contributed by atoms with Gasteiger partial charge in [-0.05, 0) is 23.6 Å². The lowest BCUT2D eigenvalue weighted by Gasteiger charge is -2.07. The highest BCUT2D eigenvalue weighted by Crippen LogP contribution is 2.13. The Morgan fingerprint density at radius 1 is 1.33 bits per heavy atom. The van der Waals surface area contributed by atoms with Crippen molar-refractivity contribution in [1.82, 2.24) is 10.3 Å². The van der Waals surface area contributed by atoms with E-state index in [1.54, 1.807) is 24.4 Å². The zero-order valence-electron chi connectivity index (χ0n) is 9.38. The lowest BCUT2D eigenvalue weighted by atomic mass is 10.1. The number of nitrogens with one attached hydrogen (secondary N) is 2. The minimum Gasteiger partial charge on any atom is -0.479 e. The molecule has 4 N–H and O–H groups in total. The van der Waals surface area contributed by atoms with E-state index < -0.39 is 18.0 Å². The van der Waals surface area contributed by atoms with Crippen LogP contribution in [0.4, 0.5) is 0 Å². The number of carboxylic acids is 1. The number of aromatic amines is 1. The van der Waals surface area contributed by atoms with Crippen LogP contribution in [-0.2, 0) is 4.79 Å². The topological polar surface area (TPSA) is 102 Å². The van der Waals surface area contributed by atoms with E-state index in [9.17, 15) is 9.59 Å². The third-order valence-corrected chi connectivity index (χ3v) is 2.56. The fourth-order valence-corrected chi connectivity index (χ4v) is 1.57. The number of benzene rings is 1. The first-order valence-corrected chi connectivity index (χ1v) is 5.34. The Morgan fingerprint density at radius 2 is 2.11 bits per heavy atom. The van der Waals surface area contributed by atoms with Gasteiger partial charge in [-0.3, -0.25) is 4.79 Å². The summed E-state index contributed by atoms with van der Waals surface area (Å²) in [5, 5.41) is 20.8. The zero-order valence-corrected chi connectivity index (χ0v) is 9.38. The average molecular weight is 248 g/mol. The molecule has 1 heterocycles. The van der Waals surface area contributed by atoms with Crippen molar-refractivity contribution in [3.63, 3.8) is 0 Å². The Morgan fingerprint density at radius 3 is 2.83 bits per heavy atom. The van der Waals surface area contributed by atoms with Gasteiger partial charge in [0.1, 0.15) is 0 Å². The van der Waals surface area contributed by atoms with Gasteiger partial charge in [0.15, 0.2) is 6.10 Å². The lowest BCUT2D eigenvalue weighted by molar-refractivity contribution is -0.146. The number of rotatable bonds is 4. The first-order chi connectivity index (χ1) is 8.58. The van der Waals surface area contributed by atoms with E-state index in [1.807, 2.05) is 6.07 Å². The van der Waals surface area contributed by atoms with Gasteiger partial charge in [0.25, 0.3) is 5.91 Å². The van der Waals surface area contributed by atoms with E-state index in [4.69, 9.17) is 10.2 Å². The van der Waals surface area contributed by atoms with Crippen LogP contribution in [0.15, 0.2) is 30.5 Å². The van der Waals surface area contributed by atoms with Gasteiger partial charge in [0.2, 0.25) is 0 Å². The van der Waals surface area contributed by atoms with Crippen molar-refractivity contribution in [2.24, 2.45) is 0 Å². The summed E-state index contributed by atoms with van der Waals surface area (Å²) >= 11 is 0. The minimum atomic E-state index is -1.59. The quantitative estimate of drug-likeness (QED) is 0.626. The van der Waals surface area contributed by atoms with Gasteiger partial charge in [-0.2, -0.15) is 0 Å². The third kappa shape index (κ3) is 2.49. The van der Waals surface area contributed by atoms with Crippen molar-refractivity contribution >= 4 is 22.8 Å². The smallest absolute Gasteiger partial charge is 0.334 e. The van der Waals surface area contributed by atoms with Gasteiger partial charge >= 0.3 is 5.97 Å². The number of fused-ring (bicyclic) bond motifs is 1. The zero-order chi connectivity index (χ0) is 13.1. The van der Waals surface area contributed by atoms with Crippen LogP contribution in [0.3, 0.4) is 0 Å². The molecule has 1 atom stereocenters. The fraction of sp³-hybridized carbons (Fsp3) is 0.167. The van der Waals surface area contributed by atoms with Crippen LogP contribution in [0.5, 0.6) is 0 Å². The molecule has 0 saturated carbocycles. The first kappa shape index (κ1) is 12.1. The highest BCUT2D eigenvalue weighted by Gasteiger charge is 2.15. The van der Waals surface area contributed by atoms with Crippen LogP contribution < -0.4 is 5.32 Å². The Bertz CT molecular complexity index is 591. The van der Waals surface area contributed by atoms with Crippen LogP contribution in [-0.4, -0.2) is 39.7 Å². The van der Waals surface area contributed by atoms with Crippen LogP contribution in [0.1, 0.15) is 10.4 Å². The minimum absolute atomic E-state index is 0.322. The number of amides is 1. The van der Waals surface area contributed by atoms with E-state index >= 15 is 0 Å². The van der Waals surface area contributed by atoms with E-state index in [0.717, 1.165) is 10.9 Å². The van der Waals surface area contributed by atoms with Gasteiger partial charge in [-0.1, -0.05) is 6.07 Å². The summed E-state index contributed by atoms with van der Waals surface area (Å²) in [4.78, 5) is 25.1. The molecule has 0 fully saturated rings. The maximum atomic E-state index is 11.7. The molecule has 18 heavy (non-hydrogen) atoms. The number of carbonyl (C=O) groups is 2. The standard InChI is InChI=1S/C12H12N2O4/c15-10(12(17)18)6-14-11(16)8-2-1-7-3-4-13-9(7)5-8/h1-5,10,13,15H,6H2,(H,14,16)(H,17,18)/t10-/m0/s1. The van der Waals surface area contributed by atoms with Crippen molar-refractivity contribution in [3.8, 4) is 0 Å². The number of carboxylic acid groups (broad SMARTS) is 1. The fourth-order valence-electron chi connectivity index (χ4n) is 1.57. The van der Waals surface area contributed by atoms with Crippen LogP contribution >= 0.6 is 0 Å². The van der Waals surface area contributed by atoms with E-state index in [2.05, 4.69) is 10.3 Å². The number of carbonyl (C=O) groups excluding carboxylic acids is 1. The predicted octanol–water partition coefficient (Wildman–Crippen LogP) is 0.343. The molecule has 0 radical (unpaired) electrons. The maximum Gasteiger partial charge on any atom is 0.334 e. The number of aromatic nitrogens is 1. The molecule has 0 bridgehead atoms. The number of aliphatic hydroxyl groups is 1.